The molecule has 0 aromatic carbocycles. The van der Waals surface area contributed by atoms with Crippen LogP contribution in [0.1, 0.15) is 32.6 Å². The molecule has 0 radical (unpaired) electrons. The zero-order valence-electron chi connectivity index (χ0n) is 12.0. The van der Waals surface area contributed by atoms with Crippen molar-refractivity contribution < 1.29 is 19.8 Å². The Balaban J connectivity index is 1.98. The molecule has 0 aromatic heterocycles. The number of nitrogens with zero attached hydrogens (tertiary/aromatic N) is 2. The summed E-state index contributed by atoms with van der Waals surface area (Å²) in [6, 6.07) is -0.0693. The predicted molar refractivity (Wildman–Crippen MR) is 73.3 cm³/mol. The second kappa shape index (κ2) is 5.99. The lowest BCUT2D eigenvalue weighted by Gasteiger charge is -2.27. The van der Waals surface area contributed by atoms with Gasteiger partial charge in [-0.25, -0.2) is 4.79 Å². The number of carboxylic acid groups (broad SMARTS) is 1. The van der Waals surface area contributed by atoms with Gasteiger partial charge in [-0.05, 0) is 19.3 Å². The van der Waals surface area contributed by atoms with E-state index in [2.05, 4.69) is 0 Å². The lowest BCUT2D eigenvalue weighted by Crippen LogP contribution is -2.43. The summed E-state index contributed by atoms with van der Waals surface area (Å²) >= 11 is 0. The largest absolute Gasteiger partial charge is 0.481 e. The summed E-state index contributed by atoms with van der Waals surface area (Å²) in [5, 5.41) is 18.6. The molecule has 2 aliphatic rings. The van der Waals surface area contributed by atoms with Crippen LogP contribution in [-0.2, 0) is 4.79 Å². The van der Waals surface area contributed by atoms with Gasteiger partial charge in [-0.2, -0.15) is 0 Å². The fourth-order valence-corrected chi connectivity index (χ4v) is 3.36. The minimum Gasteiger partial charge on any atom is -0.481 e. The molecule has 6 nitrogen and oxygen atoms in total. The lowest BCUT2D eigenvalue weighted by atomic mass is 9.83. The van der Waals surface area contributed by atoms with Gasteiger partial charge in [-0.15, -0.1) is 0 Å². The van der Waals surface area contributed by atoms with Gasteiger partial charge in [0.15, 0.2) is 0 Å². The number of aliphatic carboxylic acids is 1. The molecule has 20 heavy (non-hydrogen) atoms. The molecule has 2 rings (SSSR count). The van der Waals surface area contributed by atoms with Gasteiger partial charge in [-0.1, -0.05) is 13.3 Å². The van der Waals surface area contributed by atoms with Crippen molar-refractivity contribution in [2.24, 2.45) is 11.3 Å². The number of carboxylic acids is 1. The molecule has 2 fully saturated rings. The maximum Gasteiger partial charge on any atom is 0.320 e. The monoisotopic (exact) mass is 284 g/mol. The van der Waals surface area contributed by atoms with E-state index < -0.39 is 11.4 Å². The van der Waals surface area contributed by atoms with Gasteiger partial charge in [0, 0.05) is 38.7 Å². The van der Waals surface area contributed by atoms with E-state index in [1.54, 1.807) is 9.80 Å². The first-order valence-electron chi connectivity index (χ1n) is 7.40. The Morgan fingerprint density at radius 3 is 2.60 bits per heavy atom. The Morgan fingerprint density at radius 1 is 1.30 bits per heavy atom. The quantitative estimate of drug-likeness (QED) is 0.807. The first kappa shape index (κ1) is 15.1. The minimum absolute atomic E-state index is 0.0693. The van der Waals surface area contributed by atoms with E-state index in [0.717, 1.165) is 12.8 Å². The van der Waals surface area contributed by atoms with Crippen molar-refractivity contribution in [1.82, 2.24) is 9.80 Å². The normalized spacial score (nSPS) is 30.0. The Kier molecular flexibility index (Phi) is 4.52. The molecule has 2 atom stereocenters. The van der Waals surface area contributed by atoms with Gasteiger partial charge < -0.3 is 20.0 Å². The molecule has 2 unspecified atom stereocenters. The molecule has 0 spiro atoms. The highest BCUT2D eigenvalue weighted by atomic mass is 16.4. The Hall–Kier alpha value is -1.30. The van der Waals surface area contributed by atoms with Crippen molar-refractivity contribution in [2.45, 2.75) is 32.6 Å². The van der Waals surface area contributed by atoms with Crippen LogP contribution >= 0.6 is 0 Å². The maximum atomic E-state index is 12.4. The summed E-state index contributed by atoms with van der Waals surface area (Å²) in [5.74, 6) is -0.620. The van der Waals surface area contributed by atoms with E-state index >= 15 is 0 Å². The molecule has 6 heteroatoms. The number of hydrogen-bond acceptors (Lipinski definition) is 3. The fourth-order valence-electron chi connectivity index (χ4n) is 3.36. The van der Waals surface area contributed by atoms with E-state index in [1.807, 2.05) is 6.92 Å². The zero-order valence-corrected chi connectivity index (χ0v) is 12.0. The summed E-state index contributed by atoms with van der Waals surface area (Å²) in [6.07, 6.45) is 2.80. The number of carbonyl (C=O) groups excluding carboxylic acids is 1. The number of likely N-dealkylation sites (tertiary alicyclic amines) is 2. The Bertz CT molecular complexity index is 387. The van der Waals surface area contributed by atoms with Crippen LogP contribution in [0, 0.1) is 11.3 Å². The SMILES string of the molecule is CCCC1(C(=O)O)CCN(C(=O)N2CCC(CO)C2)C1. The standard InChI is InChI=1S/C14H24N2O4/c1-2-4-14(12(18)19)5-7-16(10-14)13(20)15-6-3-11(8-15)9-17/h11,17H,2-10H2,1H3,(H,18,19). The van der Waals surface area contributed by atoms with E-state index in [0.29, 0.717) is 39.0 Å². The maximum absolute atomic E-state index is 12.4. The second-order valence-electron chi connectivity index (χ2n) is 6.07. The van der Waals surface area contributed by atoms with Gasteiger partial charge in [0.2, 0.25) is 0 Å². The number of urea groups is 1. The Labute approximate surface area is 119 Å². The van der Waals surface area contributed by atoms with Gasteiger partial charge in [0.1, 0.15) is 0 Å². The highest BCUT2D eigenvalue weighted by Crippen LogP contribution is 2.36. The number of rotatable bonds is 4. The van der Waals surface area contributed by atoms with Crippen molar-refractivity contribution in [3.8, 4) is 0 Å². The lowest BCUT2D eigenvalue weighted by molar-refractivity contribution is -0.148. The first-order chi connectivity index (χ1) is 9.52. The molecule has 2 saturated heterocycles. The zero-order chi connectivity index (χ0) is 14.8. The van der Waals surface area contributed by atoms with Crippen LogP contribution in [0.5, 0.6) is 0 Å². The molecule has 0 aliphatic carbocycles. The number of carbonyl (C=O) groups is 2. The second-order valence-corrected chi connectivity index (χ2v) is 6.07. The molecular weight excluding hydrogens is 260 g/mol. The van der Waals surface area contributed by atoms with E-state index in [1.165, 1.54) is 0 Å². The van der Waals surface area contributed by atoms with Gasteiger partial charge in [0.05, 0.1) is 5.41 Å². The first-order valence-corrected chi connectivity index (χ1v) is 7.40. The summed E-state index contributed by atoms with van der Waals surface area (Å²) in [7, 11) is 0. The molecule has 0 saturated carbocycles. The highest BCUT2D eigenvalue weighted by molar-refractivity contribution is 5.80. The molecule has 2 aliphatic heterocycles. The molecular formula is C14H24N2O4. The number of aliphatic hydroxyl groups excluding tert-OH is 1. The smallest absolute Gasteiger partial charge is 0.320 e. The summed E-state index contributed by atoms with van der Waals surface area (Å²) in [6.45, 7) is 4.16. The summed E-state index contributed by atoms with van der Waals surface area (Å²) in [4.78, 5) is 27.3. The van der Waals surface area contributed by atoms with Crippen molar-refractivity contribution in [3.63, 3.8) is 0 Å². The van der Waals surface area contributed by atoms with Crippen LogP contribution in [-0.4, -0.2) is 64.8 Å². The van der Waals surface area contributed by atoms with Crippen LogP contribution in [0.15, 0.2) is 0 Å². The third-order valence-electron chi connectivity index (χ3n) is 4.62. The van der Waals surface area contributed by atoms with Crippen molar-refractivity contribution in [2.75, 3.05) is 32.8 Å². The van der Waals surface area contributed by atoms with E-state index in [9.17, 15) is 14.7 Å². The van der Waals surface area contributed by atoms with Crippen molar-refractivity contribution in [3.05, 3.63) is 0 Å². The van der Waals surface area contributed by atoms with Crippen LogP contribution in [0.3, 0.4) is 0 Å². The minimum atomic E-state index is -0.788. The predicted octanol–water partition coefficient (Wildman–Crippen LogP) is 0.997. The number of aliphatic hydroxyl groups is 1. The van der Waals surface area contributed by atoms with Gasteiger partial charge in [0.25, 0.3) is 0 Å². The van der Waals surface area contributed by atoms with Crippen LogP contribution in [0.4, 0.5) is 4.79 Å². The fraction of sp³-hybridized carbons (Fsp3) is 0.857. The van der Waals surface area contributed by atoms with Gasteiger partial charge >= 0.3 is 12.0 Å². The molecule has 2 heterocycles. The van der Waals surface area contributed by atoms with E-state index in [-0.39, 0.29) is 18.6 Å². The third kappa shape index (κ3) is 2.75. The molecule has 2 amide bonds. The topological polar surface area (TPSA) is 81.1 Å². The average Bonchev–Trinajstić information content (AvgIpc) is 3.05. The number of amides is 2. The van der Waals surface area contributed by atoms with Crippen LogP contribution < -0.4 is 0 Å². The number of hydrogen-bond donors (Lipinski definition) is 2. The molecule has 114 valence electrons. The van der Waals surface area contributed by atoms with Crippen LogP contribution in [0.25, 0.3) is 0 Å². The highest BCUT2D eigenvalue weighted by Gasteiger charge is 2.46. The Morgan fingerprint density at radius 2 is 2.05 bits per heavy atom. The molecule has 2 N–H and O–H groups in total. The van der Waals surface area contributed by atoms with Crippen molar-refractivity contribution >= 4 is 12.0 Å². The third-order valence-corrected chi connectivity index (χ3v) is 4.62. The molecule has 0 bridgehead atoms. The van der Waals surface area contributed by atoms with Gasteiger partial charge in [-0.3, -0.25) is 4.79 Å². The molecule has 0 aromatic rings. The van der Waals surface area contributed by atoms with E-state index in [4.69, 9.17) is 5.11 Å². The van der Waals surface area contributed by atoms with Crippen molar-refractivity contribution in [1.29, 1.82) is 0 Å². The summed E-state index contributed by atoms with van der Waals surface area (Å²) < 4.78 is 0. The average molecular weight is 284 g/mol. The summed E-state index contributed by atoms with van der Waals surface area (Å²) in [5.41, 5.74) is -0.763. The van der Waals surface area contributed by atoms with Crippen LogP contribution in [0.2, 0.25) is 0 Å².